The molecule has 172 valence electrons. The average Bonchev–Trinajstić information content (AvgIpc) is 3.14. The van der Waals surface area contributed by atoms with Crippen molar-refractivity contribution in [3.05, 3.63) is 96.4 Å². The van der Waals surface area contributed by atoms with E-state index >= 15 is 0 Å². The quantitative estimate of drug-likeness (QED) is 0.330. The molecule has 32 heavy (non-hydrogen) atoms. The monoisotopic (exact) mass is 562 g/mol. The summed E-state index contributed by atoms with van der Waals surface area (Å²) < 4.78 is 7.78. The first-order chi connectivity index (χ1) is 13.9. The molecule has 0 aromatic heterocycles. The Hall–Kier alpha value is -0.660. The van der Waals surface area contributed by atoms with Gasteiger partial charge in [0, 0.05) is 0 Å². The van der Waals surface area contributed by atoms with E-state index in [1.54, 1.807) is 16.7 Å². The number of rotatable bonds is 3. The largest absolute Gasteiger partial charge is 0.147 e. The third-order valence-corrected chi connectivity index (χ3v) is 25.2. The summed E-state index contributed by atoms with van der Waals surface area (Å²) in [7, 11) is 0. The maximum atomic E-state index is 2.70. The molecule has 2 aromatic carbocycles. The first-order valence-electron chi connectivity index (χ1n) is 11.3. The minimum atomic E-state index is -3.32. The summed E-state index contributed by atoms with van der Waals surface area (Å²) in [4.78, 5) is 0. The van der Waals surface area contributed by atoms with Crippen LogP contribution >= 0.6 is 24.8 Å². The number of aryl methyl sites for hydroxylation is 2. The van der Waals surface area contributed by atoms with Crippen molar-refractivity contribution in [2.45, 2.75) is 54.4 Å². The van der Waals surface area contributed by atoms with Crippen LogP contribution in [0.1, 0.15) is 59.1 Å². The molecule has 0 nitrogen and oxygen atoms in total. The van der Waals surface area contributed by atoms with Gasteiger partial charge in [-0.25, -0.2) is 0 Å². The fraction of sp³-hybridized carbons (Fsp3) is 0.357. The van der Waals surface area contributed by atoms with Gasteiger partial charge >= 0.3 is 187 Å². The van der Waals surface area contributed by atoms with Crippen LogP contribution in [0, 0.1) is 19.8 Å². The van der Waals surface area contributed by atoms with Crippen molar-refractivity contribution in [2.75, 3.05) is 0 Å². The topological polar surface area (TPSA) is 0 Å². The van der Waals surface area contributed by atoms with E-state index in [1.807, 2.05) is 3.28 Å². The molecule has 0 saturated heterocycles. The average molecular weight is 565 g/mol. The predicted octanol–water partition coefficient (Wildman–Crippen LogP) is 8.23. The van der Waals surface area contributed by atoms with E-state index in [9.17, 15) is 0 Å². The maximum Gasteiger partial charge on any atom is -0.147 e. The first kappa shape index (κ1) is 27.6. The van der Waals surface area contributed by atoms with Crippen LogP contribution in [0.2, 0.25) is 9.26 Å². The molecule has 0 radical (unpaired) electrons. The van der Waals surface area contributed by atoms with Crippen LogP contribution in [0.4, 0.5) is 0 Å². The zero-order valence-electron chi connectivity index (χ0n) is 20.8. The van der Waals surface area contributed by atoms with Gasteiger partial charge in [0.15, 0.2) is 0 Å². The van der Waals surface area contributed by atoms with Gasteiger partial charge in [0.05, 0.1) is 0 Å². The first-order valence-corrected chi connectivity index (χ1v) is 24.8. The van der Waals surface area contributed by atoms with Gasteiger partial charge in [0.1, 0.15) is 0 Å². The Labute approximate surface area is 210 Å². The minimum Gasteiger partial charge on any atom is -0.147 e. The standard InChI is InChI=1S/C17H15.C9H13.2CH3.2ClH.H2Si.Zr/c1-12-9-13(2)11-15(10-12)17-8-7-14-5-3-4-6-16(14)17;1-6-5-7(2)9(4)8(6)3;;;;;;/h3-11H,1-2H3;6H,1-4H3;2*1H3;2*1H;1H2;. The Balaban J connectivity index is 0.00000181. The fourth-order valence-electron chi connectivity index (χ4n) is 6.37. The molecular formula is C28H38Cl2SiZr. The van der Waals surface area contributed by atoms with Crippen LogP contribution in [0.15, 0.2) is 68.5 Å². The van der Waals surface area contributed by atoms with E-state index in [1.165, 1.54) is 33.4 Å². The van der Waals surface area contributed by atoms with Crippen molar-refractivity contribution in [2.24, 2.45) is 5.92 Å². The van der Waals surface area contributed by atoms with Gasteiger partial charge in [0.25, 0.3) is 0 Å². The van der Waals surface area contributed by atoms with E-state index in [-0.39, 0.29) is 24.8 Å². The van der Waals surface area contributed by atoms with Gasteiger partial charge in [-0.2, -0.15) is 0 Å². The van der Waals surface area contributed by atoms with E-state index in [0.717, 1.165) is 0 Å². The van der Waals surface area contributed by atoms with Gasteiger partial charge in [-0.05, 0) is 0 Å². The van der Waals surface area contributed by atoms with Crippen molar-refractivity contribution >= 4 is 37.3 Å². The predicted molar refractivity (Wildman–Crippen MR) is 147 cm³/mol. The Morgan fingerprint density at radius 1 is 0.812 bits per heavy atom. The van der Waals surface area contributed by atoms with Crippen molar-refractivity contribution in [3.63, 3.8) is 0 Å². The fourth-order valence-corrected chi connectivity index (χ4v) is 24.9. The second-order valence-corrected chi connectivity index (χ2v) is 40.4. The van der Waals surface area contributed by atoms with Crippen LogP contribution in [-0.2, 0) is 17.4 Å². The summed E-state index contributed by atoms with van der Waals surface area (Å²) in [6.45, 7) is 16.4. The van der Waals surface area contributed by atoms with E-state index < -0.39 is 17.4 Å². The molecule has 0 aliphatic heterocycles. The van der Waals surface area contributed by atoms with Crippen molar-refractivity contribution in [3.8, 4) is 0 Å². The number of allylic oxidation sites excluding steroid dienone is 5. The molecule has 0 heterocycles. The van der Waals surface area contributed by atoms with Crippen molar-refractivity contribution in [1.29, 1.82) is 0 Å². The van der Waals surface area contributed by atoms with E-state index in [4.69, 9.17) is 0 Å². The Morgan fingerprint density at radius 2 is 1.38 bits per heavy atom. The molecule has 0 amide bonds. The van der Waals surface area contributed by atoms with Crippen LogP contribution < -0.4 is 0 Å². The van der Waals surface area contributed by atoms with E-state index in [2.05, 4.69) is 106 Å². The molecule has 2 aliphatic carbocycles. The van der Waals surface area contributed by atoms with Crippen molar-refractivity contribution in [1.82, 2.24) is 0 Å². The third kappa shape index (κ3) is 4.26. The summed E-state index contributed by atoms with van der Waals surface area (Å²) >= 11 is -3.32. The zero-order valence-corrected chi connectivity index (χ0v) is 26.3. The number of halogens is 2. The molecule has 0 fully saturated rings. The summed E-state index contributed by atoms with van der Waals surface area (Å²) in [5.74, 6) is 0.592. The normalized spacial score (nSPS) is 20.6. The molecule has 4 heteroatoms. The molecule has 2 aromatic rings. The molecule has 0 N–H and O–H groups in total. The maximum absolute atomic E-state index is 3.32. The van der Waals surface area contributed by atoms with Gasteiger partial charge in [0.2, 0.25) is 0 Å². The van der Waals surface area contributed by atoms with Crippen LogP contribution in [0.3, 0.4) is 0 Å². The smallest absolute Gasteiger partial charge is 0.147 e. The molecule has 2 unspecified atom stereocenters. The summed E-state index contributed by atoms with van der Waals surface area (Å²) in [5.41, 5.74) is 13.3. The third-order valence-electron chi connectivity index (χ3n) is 7.97. The SMILES string of the molecule is CC1=C(C)C(C)[C]([Zr]([CH3])([CH3])(=[SiH2])[CH]2C=C(c3cc(C)cc(C)c3)c3ccccc32)=C1C.Cl.Cl. The number of hydrogen-bond acceptors (Lipinski definition) is 0. The minimum absolute atomic E-state index is 0. The molecule has 0 saturated carbocycles. The zero-order chi connectivity index (χ0) is 22.0. The second-order valence-electron chi connectivity index (χ2n) is 10.9. The molecule has 0 spiro atoms. The summed E-state index contributed by atoms with van der Waals surface area (Å²) in [6.07, 6.45) is 2.66. The number of fused-ring (bicyclic) bond motifs is 1. The molecule has 2 aliphatic rings. The number of benzene rings is 2. The Bertz CT molecular complexity index is 1220. The Morgan fingerprint density at radius 3 is 1.91 bits per heavy atom. The molecule has 2 atom stereocenters. The molecule has 4 rings (SSSR count). The van der Waals surface area contributed by atoms with Gasteiger partial charge < -0.3 is 0 Å². The second kappa shape index (κ2) is 9.18. The van der Waals surface area contributed by atoms with Gasteiger partial charge in [-0.1, -0.05) is 0 Å². The van der Waals surface area contributed by atoms with Gasteiger partial charge in [-0.3, -0.25) is 0 Å². The van der Waals surface area contributed by atoms with Crippen LogP contribution in [0.25, 0.3) is 5.57 Å². The summed E-state index contributed by atoms with van der Waals surface area (Å²) in [6, 6.07) is 16.2. The number of hydrogen-bond donors (Lipinski definition) is 0. The molecule has 0 bridgehead atoms. The van der Waals surface area contributed by atoms with Crippen LogP contribution in [0.5, 0.6) is 0 Å². The van der Waals surface area contributed by atoms with E-state index in [0.29, 0.717) is 9.54 Å². The van der Waals surface area contributed by atoms with Gasteiger partial charge in [-0.15, -0.1) is 24.8 Å². The molecular weight excluding hydrogens is 527 g/mol. The Kier molecular flexibility index (Phi) is 7.91. The van der Waals surface area contributed by atoms with Crippen LogP contribution in [-0.4, -0.2) is 6.88 Å². The summed E-state index contributed by atoms with van der Waals surface area (Å²) in [5, 5.41) is 0. The van der Waals surface area contributed by atoms with Crippen molar-refractivity contribution < 1.29 is 17.4 Å².